The molecule has 1 aliphatic rings. The maximum atomic E-state index is 12.5. The van der Waals surface area contributed by atoms with Crippen LogP contribution in [-0.4, -0.2) is 18.5 Å². The fourth-order valence-electron chi connectivity index (χ4n) is 2.11. The van der Waals surface area contributed by atoms with Crippen molar-refractivity contribution >= 4 is 29.5 Å². The molecule has 0 atom stereocenters. The molecule has 24 heavy (non-hydrogen) atoms. The van der Waals surface area contributed by atoms with Gasteiger partial charge in [0.1, 0.15) is 5.75 Å². The predicted octanol–water partition coefficient (Wildman–Crippen LogP) is 4.29. The zero-order chi connectivity index (χ0) is 17.1. The molecular weight excluding hydrogens is 340 g/mol. The minimum atomic E-state index is -3.00. The van der Waals surface area contributed by atoms with E-state index in [1.165, 1.54) is 24.3 Å². The number of aliphatic imine (C=N–C) groups is 1. The first-order valence-corrected chi connectivity index (χ1v) is 7.23. The summed E-state index contributed by atoms with van der Waals surface area (Å²) in [5.74, 6) is -0.927. The van der Waals surface area contributed by atoms with E-state index in [0.717, 1.165) is 0 Å². The number of esters is 1. The third kappa shape index (κ3) is 3.44. The van der Waals surface area contributed by atoms with Gasteiger partial charge < -0.3 is 9.47 Å². The summed E-state index contributed by atoms with van der Waals surface area (Å²) in [4.78, 5) is 16.0. The average Bonchev–Trinajstić information content (AvgIpc) is 2.90. The van der Waals surface area contributed by atoms with Crippen molar-refractivity contribution in [3.63, 3.8) is 0 Å². The van der Waals surface area contributed by atoms with E-state index in [0.29, 0.717) is 10.6 Å². The van der Waals surface area contributed by atoms with Crippen LogP contribution in [0.2, 0.25) is 5.02 Å². The highest BCUT2D eigenvalue weighted by atomic mass is 35.5. The van der Waals surface area contributed by atoms with E-state index in [1.54, 1.807) is 30.3 Å². The minimum absolute atomic E-state index is 0.0185. The molecule has 0 aliphatic carbocycles. The van der Waals surface area contributed by atoms with Crippen molar-refractivity contribution in [3.05, 3.63) is 70.4 Å². The number of carbonyl (C=O) groups excluding carboxylic acids is 1. The molecule has 0 saturated carbocycles. The molecule has 0 fully saturated rings. The second kappa shape index (κ2) is 6.80. The van der Waals surface area contributed by atoms with Crippen LogP contribution in [0, 0.1) is 0 Å². The molecule has 0 aromatic heterocycles. The van der Waals surface area contributed by atoms with Crippen LogP contribution >= 0.6 is 11.6 Å². The van der Waals surface area contributed by atoms with Crippen LogP contribution in [0.25, 0.3) is 6.08 Å². The SMILES string of the molecule is O=C1OC(c2ccccc2OC(F)F)=N/C1=C\c1ccccc1Cl. The summed E-state index contributed by atoms with van der Waals surface area (Å²) in [6.07, 6.45) is 1.47. The van der Waals surface area contributed by atoms with Crippen molar-refractivity contribution in [2.75, 3.05) is 0 Å². The predicted molar refractivity (Wildman–Crippen MR) is 85.1 cm³/mol. The van der Waals surface area contributed by atoms with Gasteiger partial charge in [-0.3, -0.25) is 0 Å². The number of cyclic esters (lactones) is 1. The Kier molecular flexibility index (Phi) is 4.57. The third-order valence-electron chi connectivity index (χ3n) is 3.15. The van der Waals surface area contributed by atoms with E-state index in [4.69, 9.17) is 16.3 Å². The Hall–Kier alpha value is -2.73. The highest BCUT2D eigenvalue weighted by Gasteiger charge is 2.27. The van der Waals surface area contributed by atoms with Crippen molar-refractivity contribution < 1.29 is 23.0 Å². The molecule has 0 saturated heterocycles. The van der Waals surface area contributed by atoms with Crippen LogP contribution in [0.15, 0.2) is 59.2 Å². The largest absolute Gasteiger partial charge is 0.434 e. The second-order valence-electron chi connectivity index (χ2n) is 4.73. The van der Waals surface area contributed by atoms with Crippen LogP contribution in [0.4, 0.5) is 8.78 Å². The van der Waals surface area contributed by atoms with Gasteiger partial charge in [0.05, 0.1) is 5.56 Å². The molecule has 0 N–H and O–H groups in total. The van der Waals surface area contributed by atoms with Gasteiger partial charge in [0.25, 0.3) is 0 Å². The summed E-state index contributed by atoms with van der Waals surface area (Å²) in [7, 11) is 0. The molecule has 122 valence electrons. The topological polar surface area (TPSA) is 47.9 Å². The summed E-state index contributed by atoms with van der Waals surface area (Å²) >= 11 is 6.04. The van der Waals surface area contributed by atoms with Crippen LogP contribution in [0.3, 0.4) is 0 Å². The van der Waals surface area contributed by atoms with Gasteiger partial charge in [0, 0.05) is 5.02 Å². The van der Waals surface area contributed by atoms with Crippen LogP contribution in [0.5, 0.6) is 5.75 Å². The fraction of sp³-hybridized carbons (Fsp3) is 0.0588. The highest BCUT2D eigenvalue weighted by molar-refractivity contribution is 6.32. The van der Waals surface area contributed by atoms with Gasteiger partial charge in [-0.25, -0.2) is 9.79 Å². The Bertz CT molecular complexity index is 849. The molecule has 0 bridgehead atoms. The summed E-state index contributed by atoms with van der Waals surface area (Å²) in [6, 6.07) is 12.8. The fourth-order valence-corrected chi connectivity index (χ4v) is 2.30. The van der Waals surface area contributed by atoms with Gasteiger partial charge in [-0.05, 0) is 29.8 Å². The lowest BCUT2D eigenvalue weighted by Crippen LogP contribution is -2.10. The molecule has 2 aromatic carbocycles. The molecule has 2 aromatic rings. The molecule has 0 radical (unpaired) electrons. The summed E-state index contributed by atoms with van der Waals surface area (Å²) in [6.45, 7) is -3.00. The molecule has 3 rings (SSSR count). The average molecular weight is 350 g/mol. The lowest BCUT2D eigenvalue weighted by molar-refractivity contribution is -0.129. The lowest BCUT2D eigenvalue weighted by atomic mass is 10.2. The Morgan fingerprint density at radius 3 is 2.58 bits per heavy atom. The van der Waals surface area contributed by atoms with Gasteiger partial charge in [-0.15, -0.1) is 0 Å². The van der Waals surface area contributed by atoms with E-state index >= 15 is 0 Å². The molecule has 0 unspecified atom stereocenters. The van der Waals surface area contributed by atoms with Gasteiger partial charge in [-0.2, -0.15) is 8.78 Å². The molecule has 0 amide bonds. The first kappa shape index (κ1) is 16.1. The number of rotatable bonds is 4. The lowest BCUT2D eigenvalue weighted by Gasteiger charge is -2.08. The molecule has 7 heteroatoms. The zero-order valence-corrected chi connectivity index (χ0v) is 12.8. The Morgan fingerprint density at radius 2 is 1.83 bits per heavy atom. The maximum Gasteiger partial charge on any atom is 0.387 e. The van der Waals surface area contributed by atoms with Crippen molar-refractivity contribution in [1.29, 1.82) is 0 Å². The Balaban J connectivity index is 1.97. The first-order valence-electron chi connectivity index (χ1n) is 6.86. The third-order valence-corrected chi connectivity index (χ3v) is 3.50. The van der Waals surface area contributed by atoms with Crippen LogP contribution in [0.1, 0.15) is 11.1 Å². The molecule has 1 aliphatic heterocycles. The molecule has 4 nitrogen and oxygen atoms in total. The molecule has 1 heterocycles. The maximum absolute atomic E-state index is 12.5. The van der Waals surface area contributed by atoms with Crippen LogP contribution in [-0.2, 0) is 9.53 Å². The monoisotopic (exact) mass is 349 g/mol. The number of halogens is 3. The van der Waals surface area contributed by atoms with Crippen LogP contribution < -0.4 is 4.74 Å². The van der Waals surface area contributed by atoms with Gasteiger partial charge >= 0.3 is 12.6 Å². The Morgan fingerprint density at radius 1 is 1.12 bits per heavy atom. The molecule has 0 spiro atoms. The van der Waals surface area contributed by atoms with Gasteiger partial charge in [0.15, 0.2) is 5.70 Å². The normalized spacial score (nSPS) is 15.6. The van der Waals surface area contributed by atoms with Crippen molar-refractivity contribution in [2.24, 2.45) is 4.99 Å². The van der Waals surface area contributed by atoms with E-state index < -0.39 is 12.6 Å². The Labute approximate surface area is 141 Å². The highest BCUT2D eigenvalue weighted by Crippen LogP contribution is 2.27. The summed E-state index contributed by atoms with van der Waals surface area (Å²) in [5, 5.41) is 0.447. The van der Waals surface area contributed by atoms with Gasteiger partial charge in [0.2, 0.25) is 5.90 Å². The number of hydrogen-bond acceptors (Lipinski definition) is 4. The zero-order valence-electron chi connectivity index (χ0n) is 12.1. The number of benzene rings is 2. The van der Waals surface area contributed by atoms with E-state index in [9.17, 15) is 13.6 Å². The number of carbonyl (C=O) groups is 1. The number of nitrogens with zero attached hydrogens (tertiary/aromatic N) is 1. The van der Waals surface area contributed by atoms with Crippen molar-refractivity contribution in [3.8, 4) is 5.75 Å². The second-order valence-corrected chi connectivity index (χ2v) is 5.14. The quantitative estimate of drug-likeness (QED) is 0.611. The van der Waals surface area contributed by atoms with E-state index in [1.807, 2.05) is 0 Å². The molecular formula is C17H10ClF2NO3. The number of hydrogen-bond donors (Lipinski definition) is 0. The van der Waals surface area contributed by atoms with Crippen molar-refractivity contribution in [1.82, 2.24) is 0 Å². The minimum Gasteiger partial charge on any atom is -0.434 e. The standard InChI is InChI=1S/C17H10ClF2NO3/c18-12-7-3-1-5-10(12)9-13-16(22)24-15(21-13)11-6-2-4-8-14(11)23-17(19)20/h1-9,17H/b13-9-. The summed E-state index contributed by atoms with van der Waals surface area (Å²) in [5.41, 5.74) is 0.770. The summed E-state index contributed by atoms with van der Waals surface area (Å²) < 4.78 is 34.4. The van der Waals surface area contributed by atoms with E-state index in [-0.39, 0.29) is 22.9 Å². The van der Waals surface area contributed by atoms with E-state index in [2.05, 4.69) is 9.73 Å². The van der Waals surface area contributed by atoms with Crippen molar-refractivity contribution in [2.45, 2.75) is 6.61 Å². The van der Waals surface area contributed by atoms with Gasteiger partial charge in [-0.1, -0.05) is 41.9 Å². The number of ether oxygens (including phenoxy) is 2. The number of alkyl halides is 2. The number of para-hydroxylation sites is 1. The first-order chi connectivity index (χ1) is 11.5. The smallest absolute Gasteiger partial charge is 0.387 e.